The lowest BCUT2D eigenvalue weighted by atomic mass is 10.1. The molecule has 0 unspecified atom stereocenters. The summed E-state index contributed by atoms with van der Waals surface area (Å²) < 4.78 is 34.9. The second-order valence-corrected chi connectivity index (χ2v) is 9.82. The van der Waals surface area contributed by atoms with E-state index < -0.39 is 15.7 Å². The van der Waals surface area contributed by atoms with Crippen molar-refractivity contribution >= 4 is 38.6 Å². The number of hydrogen-bond donors (Lipinski definition) is 1. The first kappa shape index (κ1) is 25.2. The number of ether oxygens (including phenoxy) is 2. The topological polar surface area (TPSA) is 142 Å². The van der Waals surface area contributed by atoms with Gasteiger partial charge in [-0.05, 0) is 18.6 Å². The lowest BCUT2D eigenvalue weighted by Crippen LogP contribution is -2.25. The number of thiazole rings is 1. The summed E-state index contributed by atoms with van der Waals surface area (Å²) in [4.78, 5) is 30.6. The monoisotopic (exact) mass is 505 g/mol. The van der Waals surface area contributed by atoms with E-state index in [0.29, 0.717) is 29.5 Å². The Morgan fingerprint density at radius 1 is 1.12 bits per heavy atom. The van der Waals surface area contributed by atoms with Gasteiger partial charge in [-0.15, -0.1) is 11.3 Å². The molecule has 0 aliphatic rings. The van der Waals surface area contributed by atoms with Crippen molar-refractivity contribution in [1.82, 2.24) is 15.0 Å². The quantitative estimate of drug-likeness (QED) is 0.223. The average Bonchev–Trinajstić information content (AvgIpc) is 3.36. The van der Waals surface area contributed by atoms with Crippen molar-refractivity contribution in [2.45, 2.75) is 17.9 Å². The summed E-state index contributed by atoms with van der Waals surface area (Å²) >= 11 is 1.39. The van der Waals surface area contributed by atoms with E-state index >= 15 is 0 Å². The number of sulfone groups is 1. The van der Waals surface area contributed by atoms with Gasteiger partial charge in [0.15, 0.2) is 28.0 Å². The number of oxime groups is 1. The van der Waals surface area contributed by atoms with Crippen LogP contribution >= 0.6 is 11.3 Å². The smallest absolute Gasteiger partial charge is 0.279 e. The van der Waals surface area contributed by atoms with E-state index in [4.69, 9.17) is 14.3 Å². The van der Waals surface area contributed by atoms with Crippen LogP contribution in [-0.4, -0.2) is 61.6 Å². The summed E-state index contributed by atoms with van der Waals surface area (Å²) in [6, 6.07) is 5.84. The number of aromatic nitrogens is 3. The fraction of sp³-hybridized carbons (Fsp3) is 0.286. The number of carbonyl (C=O) groups excluding carboxylic acids is 1. The number of anilines is 1. The van der Waals surface area contributed by atoms with Gasteiger partial charge >= 0.3 is 0 Å². The molecule has 1 N–H and O–H groups in total. The lowest BCUT2D eigenvalue weighted by molar-refractivity contribution is -0.110. The maximum atomic E-state index is 13.0. The van der Waals surface area contributed by atoms with E-state index in [1.54, 1.807) is 11.6 Å². The van der Waals surface area contributed by atoms with Gasteiger partial charge in [-0.25, -0.2) is 23.4 Å². The minimum Gasteiger partial charge on any atom is -0.480 e. The zero-order valence-corrected chi connectivity index (χ0v) is 20.1. The van der Waals surface area contributed by atoms with Crippen LogP contribution < -0.4 is 10.1 Å². The Morgan fingerprint density at radius 2 is 1.91 bits per heavy atom. The number of benzene rings is 1. The summed E-state index contributed by atoms with van der Waals surface area (Å²) in [5.74, 6) is -0.194. The summed E-state index contributed by atoms with van der Waals surface area (Å²) in [6.45, 7) is 0.418. The number of carbonyl (C=O) groups is 1. The Hall–Kier alpha value is -3.42. The predicted molar refractivity (Wildman–Crippen MR) is 126 cm³/mol. The third kappa shape index (κ3) is 7.04. The van der Waals surface area contributed by atoms with Crippen LogP contribution in [0.5, 0.6) is 5.88 Å². The molecule has 0 fully saturated rings. The molecule has 0 aliphatic heterocycles. The third-order valence-electron chi connectivity index (χ3n) is 4.37. The first-order valence-electron chi connectivity index (χ1n) is 10.0. The molecular weight excluding hydrogens is 482 g/mol. The minimum atomic E-state index is -3.49. The summed E-state index contributed by atoms with van der Waals surface area (Å²) in [7, 11) is -0.518. The van der Waals surface area contributed by atoms with Crippen LogP contribution in [0.25, 0.3) is 0 Å². The highest BCUT2D eigenvalue weighted by Crippen LogP contribution is 2.16. The zero-order valence-electron chi connectivity index (χ0n) is 18.5. The van der Waals surface area contributed by atoms with Crippen molar-refractivity contribution in [1.29, 1.82) is 0 Å². The molecule has 3 aromatic rings. The molecule has 0 aliphatic carbocycles. The van der Waals surface area contributed by atoms with Crippen molar-refractivity contribution in [2.75, 3.05) is 31.9 Å². The van der Waals surface area contributed by atoms with E-state index in [1.165, 1.54) is 62.2 Å². The molecular formula is C21H23N5O6S2. The maximum Gasteiger partial charge on any atom is 0.279 e. The molecule has 0 bridgehead atoms. The Morgan fingerprint density at radius 3 is 2.53 bits per heavy atom. The molecule has 0 spiro atoms. The Labute approximate surface area is 200 Å². The van der Waals surface area contributed by atoms with Gasteiger partial charge in [0.25, 0.3) is 5.91 Å². The van der Waals surface area contributed by atoms with Crippen LogP contribution in [0, 0.1) is 0 Å². The number of rotatable bonds is 12. The van der Waals surface area contributed by atoms with Crippen LogP contribution in [-0.2, 0) is 30.8 Å². The minimum absolute atomic E-state index is 0.0469. The number of hydrogen-bond acceptors (Lipinski definition) is 11. The molecule has 0 saturated heterocycles. The van der Waals surface area contributed by atoms with Crippen LogP contribution in [0.4, 0.5) is 5.82 Å². The summed E-state index contributed by atoms with van der Waals surface area (Å²) in [6.07, 6.45) is 4.70. The van der Waals surface area contributed by atoms with Crippen molar-refractivity contribution in [3.05, 3.63) is 58.8 Å². The van der Waals surface area contributed by atoms with E-state index in [2.05, 4.69) is 25.4 Å². The summed E-state index contributed by atoms with van der Waals surface area (Å²) in [5, 5.41) is 9.05. The molecule has 1 aromatic carbocycles. The number of methoxy groups -OCH3 is 2. The predicted octanol–water partition coefficient (Wildman–Crippen LogP) is 2.31. The first-order chi connectivity index (χ1) is 16.4. The molecule has 1 amide bonds. The molecule has 34 heavy (non-hydrogen) atoms. The first-order valence-corrected chi connectivity index (χ1v) is 12.5. The van der Waals surface area contributed by atoms with Crippen LogP contribution in [0.15, 0.2) is 58.3 Å². The van der Waals surface area contributed by atoms with Crippen molar-refractivity contribution in [3.63, 3.8) is 0 Å². The van der Waals surface area contributed by atoms with Crippen LogP contribution in [0.2, 0.25) is 0 Å². The maximum absolute atomic E-state index is 13.0. The van der Waals surface area contributed by atoms with Gasteiger partial charge in [0.05, 0.1) is 30.2 Å². The number of nitrogens with one attached hydrogen (secondary N) is 1. The van der Waals surface area contributed by atoms with Crippen LogP contribution in [0.3, 0.4) is 0 Å². The molecule has 11 nitrogen and oxygen atoms in total. The van der Waals surface area contributed by atoms with Gasteiger partial charge in [-0.3, -0.25) is 4.79 Å². The van der Waals surface area contributed by atoms with Gasteiger partial charge in [-0.2, -0.15) is 0 Å². The van der Waals surface area contributed by atoms with Gasteiger partial charge in [0.1, 0.15) is 5.01 Å². The standard InChI is InChI=1S/C21H23N5O6S2/c1-30-9-3-11-34(28,29)16-6-4-15(5-7-16)20(26-32-14-19-22-8-10-33-19)21(27)25-17-12-24-18(31-2)13-23-17/h4-8,10,12-13H,3,9,11,14H2,1-2H3,(H,23,25,27)/b26-20+. The Kier molecular flexibility index (Phi) is 9.01. The fourth-order valence-corrected chi connectivity index (χ4v) is 4.50. The summed E-state index contributed by atoms with van der Waals surface area (Å²) in [5.41, 5.74) is 0.284. The van der Waals surface area contributed by atoms with E-state index in [1.807, 2.05) is 0 Å². The molecule has 3 rings (SSSR count). The highest BCUT2D eigenvalue weighted by molar-refractivity contribution is 7.91. The second kappa shape index (κ2) is 12.2. The molecule has 2 heterocycles. The van der Waals surface area contributed by atoms with Gasteiger partial charge in [-0.1, -0.05) is 17.3 Å². The third-order valence-corrected chi connectivity index (χ3v) is 6.94. The molecule has 13 heteroatoms. The molecule has 0 radical (unpaired) electrons. The molecule has 2 aromatic heterocycles. The lowest BCUT2D eigenvalue weighted by Gasteiger charge is -2.09. The Bertz CT molecular complexity index is 1200. The normalized spacial score (nSPS) is 11.8. The second-order valence-electron chi connectivity index (χ2n) is 6.73. The molecule has 0 atom stereocenters. The molecule has 180 valence electrons. The van der Waals surface area contributed by atoms with Gasteiger partial charge < -0.3 is 19.6 Å². The number of nitrogens with zero attached hydrogens (tertiary/aromatic N) is 4. The van der Waals surface area contributed by atoms with Crippen molar-refractivity contribution < 1.29 is 27.5 Å². The van der Waals surface area contributed by atoms with E-state index in [-0.39, 0.29) is 28.8 Å². The van der Waals surface area contributed by atoms with Gasteiger partial charge in [0.2, 0.25) is 5.88 Å². The zero-order chi connectivity index (χ0) is 24.4. The highest BCUT2D eigenvalue weighted by Gasteiger charge is 2.19. The Balaban J connectivity index is 1.81. The molecule has 0 saturated carbocycles. The SMILES string of the molecule is COCCCS(=O)(=O)c1ccc(/C(=N\OCc2nccs2)C(=O)Nc2cnc(OC)cn2)cc1. The fourth-order valence-electron chi connectivity index (χ4n) is 2.69. The van der Waals surface area contributed by atoms with Crippen LogP contribution in [0.1, 0.15) is 17.0 Å². The number of amides is 1. The van der Waals surface area contributed by atoms with Crippen molar-refractivity contribution in [2.24, 2.45) is 5.16 Å². The highest BCUT2D eigenvalue weighted by atomic mass is 32.2. The van der Waals surface area contributed by atoms with Gasteiger partial charge in [0, 0.05) is 30.9 Å². The van der Waals surface area contributed by atoms with E-state index in [9.17, 15) is 13.2 Å². The van der Waals surface area contributed by atoms with E-state index in [0.717, 1.165) is 0 Å². The van der Waals surface area contributed by atoms with Crippen molar-refractivity contribution in [3.8, 4) is 5.88 Å². The largest absolute Gasteiger partial charge is 0.480 e. The average molecular weight is 506 g/mol.